The van der Waals surface area contributed by atoms with E-state index >= 15 is 0 Å². The molecule has 30 heavy (non-hydrogen) atoms. The minimum Gasteiger partial charge on any atom is -0.497 e. The topological polar surface area (TPSA) is 64.8 Å². The van der Waals surface area contributed by atoms with E-state index in [4.69, 9.17) is 26.8 Å². The Morgan fingerprint density at radius 3 is 2.80 bits per heavy atom. The monoisotopic (exact) mass is 442 g/mol. The second-order valence-corrected chi connectivity index (χ2v) is 9.43. The van der Waals surface area contributed by atoms with Crippen LogP contribution in [0.25, 0.3) is 10.1 Å². The lowest BCUT2D eigenvalue weighted by Gasteiger charge is -2.38. The minimum atomic E-state index is -0.0331. The van der Waals surface area contributed by atoms with Gasteiger partial charge >= 0.3 is 0 Å². The summed E-state index contributed by atoms with van der Waals surface area (Å²) in [6.45, 7) is 2.55. The molecule has 0 atom stereocenters. The summed E-state index contributed by atoms with van der Waals surface area (Å²) in [7, 11) is 1.63. The van der Waals surface area contributed by atoms with Crippen LogP contribution in [-0.4, -0.2) is 37.6 Å². The van der Waals surface area contributed by atoms with Crippen molar-refractivity contribution in [2.24, 2.45) is 5.73 Å². The second kappa shape index (κ2) is 7.45. The van der Waals surface area contributed by atoms with Crippen molar-refractivity contribution < 1.29 is 14.3 Å². The number of likely N-dealkylation sites (tertiary alicyclic amines) is 1. The first-order chi connectivity index (χ1) is 14.5. The van der Waals surface area contributed by atoms with Gasteiger partial charge in [0.2, 0.25) is 0 Å². The Morgan fingerprint density at radius 2 is 2.07 bits per heavy atom. The van der Waals surface area contributed by atoms with Gasteiger partial charge in [0, 0.05) is 40.7 Å². The summed E-state index contributed by atoms with van der Waals surface area (Å²) in [5, 5.41) is 1.43. The van der Waals surface area contributed by atoms with Crippen LogP contribution in [0.5, 0.6) is 11.5 Å². The summed E-state index contributed by atoms with van der Waals surface area (Å²) in [4.78, 5) is 15.8. The third-order valence-electron chi connectivity index (χ3n) is 6.39. The third-order valence-corrected chi connectivity index (χ3v) is 8.04. The Kier molecular flexibility index (Phi) is 4.88. The first-order valence-electron chi connectivity index (χ1n) is 10.1. The predicted octanol–water partition coefficient (Wildman–Crippen LogP) is 4.59. The lowest BCUT2D eigenvalue weighted by atomic mass is 9.74. The Balaban J connectivity index is 1.37. The number of thiophene rings is 1. The summed E-state index contributed by atoms with van der Waals surface area (Å²) >= 11 is 8.01. The number of hydrogen-bond acceptors (Lipinski definition) is 5. The highest BCUT2D eigenvalue weighted by Crippen LogP contribution is 2.46. The van der Waals surface area contributed by atoms with Crippen molar-refractivity contribution in [3.8, 4) is 11.5 Å². The van der Waals surface area contributed by atoms with Crippen LogP contribution in [0, 0.1) is 0 Å². The molecule has 2 aliphatic heterocycles. The van der Waals surface area contributed by atoms with Crippen molar-refractivity contribution in [3.63, 3.8) is 0 Å². The average Bonchev–Trinajstić information content (AvgIpc) is 3.31. The molecule has 1 aromatic heterocycles. The lowest BCUT2D eigenvalue weighted by Crippen LogP contribution is -2.46. The molecule has 1 fully saturated rings. The Bertz CT molecular complexity index is 1130. The molecule has 0 bridgehead atoms. The van der Waals surface area contributed by atoms with E-state index in [1.807, 2.05) is 35.2 Å². The van der Waals surface area contributed by atoms with Gasteiger partial charge in [0.05, 0.1) is 18.7 Å². The molecule has 2 N–H and O–H groups in total. The normalized spacial score (nSPS) is 17.2. The van der Waals surface area contributed by atoms with Crippen molar-refractivity contribution in [1.82, 2.24) is 4.90 Å². The molecule has 1 spiro atoms. The van der Waals surface area contributed by atoms with Gasteiger partial charge in [-0.25, -0.2) is 0 Å². The van der Waals surface area contributed by atoms with Crippen LogP contribution in [0.4, 0.5) is 0 Å². The minimum absolute atomic E-state index is 0.00450. The van der Waals surface area contributed by atoms with E-state index in [1.54, 1.807) is 7.11 Å². The van der Waals surface area contributed by atoms with Crippen molar-refractivity contribution in [2.45, 2.75) is 24.8 Å². The van der Waals surface area contributed by atoms with Gasteiger partial charge < -0.3 is 20.1 Å². The summed E-state index contributed by atoms with van der Waals surface area (Å²) in [6.07, 6.45) is 1.74. The van der Waals surface area contributed by atoms with Gasteiger partial charge in [-0.1, -0.05) is 23.7 Å². The van der Waals surface area contributed by atoms with Gasteiger partial charge in [-0.05, 0) is 42.7 Å². The molecule has 0 radical (unpaired) electrons. The zero-order valence-corrected chi connectivity index (χ0v) is 18.3. The number of methoxy groups -OCH3 is 1. The summed E-state index contributed by atoms with van der Waals surface area (Å²) in [6, 6.07) is 11.9. The molecule has 0 unspecified atom stereocenters. The highest BCUT2D eigenvalue weighted by molar-refractivity contribution is 7.21. The molecule has 2 aromatic carbocycles. The van der Waals surface area contributed by atoms with Crippen LogP contribution in [0.2, 0.25) is 5.02 Å². The maximum Gasteiger partial charge on any atom is 0.265 e. The fourth-order valence-electron chi connectivity index (χ4n) is 4.54. The smallest absolute Gasteiger partial charge is 0.265 e. The van der Waals surface area contributed by atoms with Gasteiger partial charge in [-0.15, -0.1) is 11.3 Å². The molecule has 156 valence electrons. The van der Waals surface area contributed by atoms with Crippen molar-refractivity contribution in [3.05, 3.63) is 57.4 Å². The number of halogens is 1. The van der Waals surface area contributed by atoms with E-state index < -0.39 is 0 Å². The first-order valence-corrected chi connectivity index (χ1v) is 11.3. The molecule has 5 nitrogen and oxygen atoms in total. The van der Waals surface area contributed by atoms with E-state index in [1.165, 1.54) is 16.9 Å². The van der Waals surface area contributed by atoms with Gasteiger partial charge in [0.15, 0.2) is 0 Å². The van der Waals surface area contributed by atoms with Gasteiger partial charge in [-0.2, -0.15) is 0 Å². The Morgan fingerprint density at radius 1 is 1.27 bits per heavy atom. The lowest BCUT2D eigenvalue weighted by molar-refractivity contribution is 0.0651. The summed E-state index contributed by atoms with van der Waals surface area (Å²) in [5.74, 6) is 1.72. The number of nitrogens with zero attached hydrogens (tertiary/aromatic N) is 1. The number of benzene rings is 2. The number of rotatable bonds is 3. The zero-order valence-electron chi connectivity index (χ0n) is 16.7. The molecule has 0 aliphatic carbocycles. The fraction of sp³-hybridized carbons (Fsp3) is 0.348. The van der Waals surface area contributed by atoms with Crippen molar-refractivity contribution in [1.29, 1.82) is 0 Å². The van der Waals surface area contributed by atoms with Crippen molar-refractivity contribution >= 4 is 38.9 Å². The molecule has 2 aliphatic rings. The molecule has 5 rings (SSSR count). The van der Waals surface area contributed by atoms with Crippen LogP contribution in [-0.2, 0) is 12.0 Å². The van der Waals surface area contributed by atoms with Gasteiger partial charge in [-0.3, -0.25) is 4.79 Å². The highest BCUT2D eigenvalue weighted by atomic mass is 35.5. The number of carbonyl (C=O) groups is 1. The number of nitrogens with two attached hydrogens (primary N) is 1. The van der Waals surface area contributed by atoms with E-state index in [-0.39, 0.29) is 11.3 Å². The predicted molar refractivity (Wildman–Crippen MR) is 120 cm³/mol. The molecule has 3 heterocycles. The SMILES string of the molecule is COc1ccc2c(Cl)c(C(=O)N3CCC4(CC3)COc3ccc(CN)cc34)sc2c1. The standard InChI is InChI=1S/C23H23ClN2O3S/c1-28-15-3-4-16-19(11-15)30-21(20(16)24)22(27)26-8-6-23(7-9-26)13-29-18-5-2-14(12-25)10-17(18)23/h2-5,10-11H,6-9,12-13,25H2,1H3. The molecule has 7 heteroatoms. The van der Waals surface area contributed by atoms with Crippen LogP contribution in [0.1, 0.15) is 33.6 Å². The first kappa shape index (κ1) is 19.7. The number of carbonyl (C=O) groups excluding carboxylic acids is 1. The molecule has 0 saturated carbocycles. The number of fused-ring (bicyclic) bond motifs is 3. The van der Waals surface area contributed by atoms with Crippen LogP contribution in [0.15, 0.2) is 36.4 Å². The quantitative estimate of drug-likeness (QED) is 0.644. The van der Waals surface area contributed by atoms with Crippen LogP contribution < -0.4 is 15.2 Å². The van der Waals surface area contributed by atoms with E-state index in [9.17, 15) is 4.79 Å². The average molecular weight is 443 g/mol. The number of hydrogen-bond donors (Lipinski definition) is 1. The second-order valence-electron chi connectivity index (χ2n) is 8.00. The summed E-state index contributed by atoms with van der Waals surface area (Å²) in [5.41, 5.74) is 8.16. The maximum absolute atomic E-state index is 13.3. The Hall–Kier alpha value is -2.28. The number of piperidine rings is 1. The van der Waals surface area contributed by atoms with Crippen LogP contribution >= 0.6 is 22.9 Å². The van der Waals surface area contributed by atoms with Gasteiger partial charge in [0.25, 0.3) is 5.91 Å². The zero-order chi connectivity index (χ0) is 20.9. The number of amides is 1. The highest BCUT2D eigenvalue weighted by Gasteiger charge is 2.44. The van der Waals surface area contributed by atoms with E-state index in [2.05, 4.69) is 6.07 Å². The molecular weight excluding hydrogens is 420 g/mol. The molecule has 1 amide bonds. The van der Waals surface area contributed by atoms with Crippen LogP contribution in [0.3, 0.4) is 0 Å². The number of ether oxygens (including phenoxy) is 2. The fourth-order valence-corrected chi connectivity index (χ4v) is 6.05. The Labute approximate surface area is 184 Å². The van der Waals surface area contributed by atoms with Crippen molar-refractivity contribution in [2.75, 3.05) is 26.8 Å². The molecular formula is C23H23ClN2O3S. The maximum atomic E-state index is 13.3. The molecule has 3 aromatic rings. The van der Waals surface area contributed by atoms with E-state index in [0.717, 1.165) is 40.0 Å². The van der Waals surface area contributed by atoms with E-state index in [0.29, 0.717) is 36.1 Å². The molecule has 1 saturated heterocycles. The largest absolute Gasteiger partial charge is 0.497 e. The van der Waals surface area contributed by atoms with Gasteiger partial charge in [0.1, 0.15) is 16.4 Å². The summed E-state index contributed by atoms with van der Waals surface area (Å²) < 4.78 is 12.2. The third kappa shape index (κ3) is 3.06.